The summed E-state index contributed by atoms with van der Waals surface area (Å²) in [5.41, 5.74) is 1.57. The van der Waals surface area contributed by atoms with Crippen molar-refractivity contribution in [1.29, 1.82) is 0 Å². The quantitative estimate of drug-likeness (QED) is 0.712. The number of aromatic nitrogens is 3. The maximum Gasteiger partial charge on any atom is 0.294 e. The highest BCUT2D eigenvalue weighted by Crippen LogP contribution is 2.25. The standard InChI is InChI=1S/C19H24N4O4/c1-5-6-22(7-8-24)18(25)15-10-23-11-16(14-9-12(2)27-13(14)3)21(4)19(26)17(23)20-15/h9-11,24H,5-8H2,1-4H3. The second-order valence-corrected chi connectivity index (χ2v) is 6.58. The average molecular weight is 372 g/mol. The van der Waals surface area contributed by atoms with Crippen molar-refractivity contribution < 1.29 is 14.3 Å². The second-order valence-electron chi connectivity index (χ2n) is 6.58. The van der Waals surface area contributed by atoms with Crippen molar-refractivity contribution in [3.8, 4) is 11.3 Å². The molecule has 1 amide bonds. The molecule has 8 nitrogen and oxygen atoms in total. The Bertz CT molecular complexity index is 1040. The predicted molar refractivity (Wildman–Crippen MR) is 101 cm³/mol. The smallest absolute Gasteiger partial charge is 0.294 e. The third kappa shape index (κ3) is 3.40. The predicted octanol–water partition coefficient (Wildman–Crippen LogP) is 1.75. The highest BCUT2D eigenvalue weighted by molar-refractivity contribution is 5.93. The van der Waals surface area contributed by atoms with Crippen molar-refractivity contribution >= 4 is 11.6 Å². The number of aliphatic hydroxyl groups excluding tert-OH is 1. The number of aliphatic hydroxyl groups is 1. The lowest BCUT2D eigenvalue weighted by Gasteiger charge is -2.19. The number of carbonyl (C=O) groups excluding carboxylic acids is 1. The van der Waals surface area contributed by atoms with E-state index in [9.17, 15) is 14.7 Å². The van der Waals surface area contributed by atoms with Gasteiger partial charge in [-0.15, -0.1) is 0 Å². The van der Waals surface area contributed by atoms with Crippen LogP contribution in [0.15, 0.2) is 27.7 Å². The maximum atomic E-state index is 12.8. The molecule has 144 valence electrons. The van der Waals surface area contributed by atoms with E-state index in [1.807, 2.05) is 26.8 Å². The fourth-order valence-corrected chi connectivity index (χ4v) is 3.23. The molecule has 0 spiro atoms. The summed E-state index contributed by atoms with van der Waals surface area (Å²) in [5.74, 6) is 1.18. The Hall–Kier alpha value is -2.87. The Morgan fingerprint density at radius 3 is 2.63 bits per heavy atom. The van der Waals surface area contributed by atoms with E-state index in [-0.39, 0.29) is 36.0 Å². The van der Waals surface area contributed by atoms with Crippen molar-refractivity contribution in [1.82, 2.24) is 18.9 Å². The second kappa shape index (κ2) is 7.40. The van der Waals surface area contributed by atoms with Gasteiger partial charge in [0.15, 0.2) is 0 Å². The van der Waals surface area contributed by atoms with Crippen molar-refractivity contribution in [3.05, 3.63) is 46.0 Å². The minimum Gasteiger partial charge on any atom is -0.466 e. The summed E-state index contributed by atoms with van der Waals surface area (Å²) in [7, 11) is 1.67. The lowest BCUT2D eigenvalue weighted by Crippen LogP contribution is -2.34. The summed E-state index contributed by atoms with van der Waals surface area (Å²) in [5, 5.41) is 9.19. The van der Waals surface area contributed by atoms with E-state index in [0.717, 1.165) is 23.5 Å². The molecule has 0 aromatic carbocycles. The van der Waals surface area contributed by atoms with Crippen LogP contribution in [0.4, 0.5) is 0 Å². The molecule has 3 heterocycles. The lowest BCUT2D eigenvalue weighted by molar-refractivity contribution is 0.0717. The van der Waals surface area contributed by atoms with Crippen LogP contribution in [0.5, 0.6) is 0 Å². The largest absolute Gasteiger partial charge is 0.466 e. The number of imidazole rings is 1. The average Bonchev–Trinajstić information content (AvgIpc) is 3.20. The van der Waals surface area contributed by atoms with Gasteiger partial charge in [-0.05, 0) is 26.3 Å². The lowest BCUT2D eigenvalue weighted by atomic mass is 10.2. The van der Waals surface area contributed by atoms with Crippen molar-refractivity contribution in [2.75, 3.05) is 19.7 Å². The Morgan fingerprint density at radius 1 is 1.30 bits per heavy atom. The summed E-state index contributed by atoms with van der Waals surface area (Å²) < 4.78 is 8.66. The van der Waals surface area contributed by atoms with E-state index >= 15 is 0 Å². The zero-order valence-corrected chi connectivity index (χ0v) is 16.0. The Labute approximate surface area is 156 Å². The van der Waals surface area contributed by atoms with Gasteiger partial charge in [0.25, 0.3) is 11.5 Å². The van der Waals surface area contributed by atoms with Crippen LogP contribution in [0.25, 0.3) is 16.9 Å². The number of carbonyl (C=O) groups is 1. The van der Waals surface area contributed by atoms with E-state index in [1.54, 1.807) is 23.8 Å². The van der Waals surface area contributed by atoms with E-state index in [2.05, 4.69) is 4.98 Å². The van der Waals surface area contributed by atoms with E-state index in [0.29, 0.717) is 12.2 Å². The van der Waals surface area contributed by atoms with E-state index < -0.39 is 0 Å². The molecular weight excluding hydrogens is 348 g/mol. The number of amides is 1. The van der Waals surface area contributed by atoms with Crippen molar-refractivity contribution in [2.24, 2.45) is 7.05 Å². The zero-order chi connectivity index (χ0) is 19.7. The van der Waals surface area contributed by atoms with Gasteiger partial charge in [0, 0.05) is 38.1 Å². The first-order valence-corrected chi connectivity index (χ1v) is 8.93. The van der Waals surface area contributed by atoms with Crippen LogP contribution in [0, 0.1) is 13.8 Å². The Kier molecular flexibility index (Phi) is 5.18. The van der Waals surface area contributed by atoms with Crippen LogP contribution < -0.4 is 5.56 Å². The van der Waals surface area contributed by atoms with E-state index in [4.69, 9.17) is 4.42 Å². The first kappa shape index (κ1) is 18.9. The summed E-state index contributed by atoms with van der Waals surface area (Å²) in [6.45, 7) is 6.28. The van der Waals surface area contributed by atoms with Gasteiger partial charge in [-0.25, -0.2) is 4.98 Å². The maximum absolute atomic E-state index is 12.8. The fourth-order valence-electron chi connectivity index (χ4n) is 3.23. The van der Waals surface area contributed by atoms with Gasteiger partial charge in [0.1, 0.15) is 17.2 Å². The molecule has 0 aliphatic carbocycles. The molecule has 3 rings (SSSR count). The number of rotatable bonds is 6. The minimum absolute atomic E-state index is 0.121. The third-order valence-corrected chi connectivity index (χ3v) is 4.54. The molecule has 0 saturated carbocycles. The molecule has 0 radical (unpaired) electrons. The number of aryl methyl sites for hydroxylation is 2. The Morgan fingerprint density at radius 2 is 2.04 bits per heavy atom. The van der Waals surface area contributed by atoms with Gasteiger partial charge in [0.05, 0.1) is 12.3 Å². The molecule has 0 saturated heterocycles. The summed E-state index contributed by atoms with van der Waals surface area (Å²) in [6, 6.07) is 1.88. The molecule has 0 fully saturated rings. The summed E-state index contributed by atoms with van der Waals surface area (Å²) in [6.07, 6.45) is 4.10. The van der Waals surface area contributed by atoms with Gasteiger partial charge < -0.3 is 19.0 Å². The van der Waals surface area contributed by atoms with Gasteiger partial charge in [0.2, 0.25) is 5.65 Å². The summed E-state index contributed by atoms with van der Waals surface area (Å²) >= 11 is 0. The molecule has 8 heteroatoms. The SMILES string of the molecule is CCCN(CCO)C(=O)c1cn2cc(-c3cc(C)oc3C)n(C)c(=O)c2n1. The monoisotopic (exact) mass is 372 g/mol. The highest BCUT2D eigenvalue weighted by Gasteiger charge is 2.21. The van der Waals surface area contributed by atoms with Gasteiger partial charge in [-0.1, -0.05) is 6.92 Å². The van der Waals surface area contributed by atoms with Gasteiger partial charge in [-0.2, -0.15) is 0 Å². The summed E-state index contributed by atoms with van der Waals surface area (Å²) in [4.78, 5) is 31.3. The molecule has 0 unspecified atom stereocenters. The molecule has 3 aromatic rings. The fraction of sp³-hybridized carbons (Fsp3) is 0.421. The molecule has 0 aliphatic heterocycles. The normalized spacial score (nSPS) is 11.3. The number of furan rings is 1. The molecule has 27 heavy (non-hydrogen) atoms. The van der Waals surface area contributed by atoms with Crippen LogP contribution in [-0.2, 0) is 7.05 Å². The number of nitrogens with zero attached hydrogens (tertiary/aromatic N) is 4. The van der Waals surface area contributed by atoms with Crippen LogP contribution in [0.2, 0.25) is 0 Å². The molecule has 0 aliphatic rings. The van der Waals surface area contributed by atoms with Gasteiger partial charge in [-0.3, -0.25) is 14.0 Å². The topological polar surface area (TPSA) is 93.0 Å². The first-order valence-electron chi connectivity index (χ1n) is 8.93. The first-order chi connectivity index (χ1) is 12.9. The van der Waals surface area contributed by atoms with Crippen LogP contribution in [-0.4, -0.2) is 49.6 Å². The molecule has 1 N–H and O–H groups in total. The molecule has 3 aromatic heterocycles. The highest BCUT2D eigenvalue weighted by atomic mass is 16.3. The van der Waals surface area contributed by atoms with Crippen LogP contribution in [0.3, 0.4) is 0 Å². The Balaban J connectivity index is 2.10. The van der Waals surface area contributed by atoms with Crippen molar-refractivity contribution in [3.63, 3.8) is 0 Å². The minimum atomic E-state index is -0.298. The molecule has 0 atom stereocenters. The van der Waals surface area contributed by atoms with E-state index in [1.165, 1.54) is 9.47 Å². The van der Waals surface area contributed by atoms with Crippen LogP contribution >= 0.6 is 0 Å². The van der Waals surface area contributed by atoms with Crippen LogP contribution in [0.1, 0.15) is 35.4 Å². The number of fused-ring (bicyclic) bond motifs is 1. The molecular formula is C19H24N4O4. The van der Waals surface area contributed by atoms with Crippen molar-refractivity contribution in [2.45, 2.75) is 27.2 Å². The number of hydrogen-bond acceptors (Lipinski definition) is 5. The zero-order valence-electron chi connectivity index (χ0n) is 16.0. The molecule has 0 bridgehead atoms. The van der Waals surface area contributed by atoms with Gasteiger partial charge >= 0.3 is 0 Å². The third-order valence-electron chi connectivity index (χ3n) is 4.54. The number of hydrogen-bond donors (Lipinski definition) is 1.